The quantitative estimate of drug-likeness (QED) is 0.804. The topological polar surface area (TPSA) is 33.7 Å². The Morgan fingerprint density at radius 3 is 2.74 bits per heavy atom. The van der Waals surface area contributed by atoms with Gasteiger partial charge in [-0.25, -0.2) is 0 Å². The summed E-state index contributed by atoms with van der Waals surface area (Å²) >= 11 is 0. The molecule has 1 fully saturated rings. The van der Waals surface area contributed by atoms with Gasteiger partial charge in [-0.15, -0.1) is 0 Å². The summed E-state index contributed by atoms with van der Waals surface area (Å²) < 4.78 is 11.1. The van der Waals surface area contributed by atoms with Crippen molar-refractivity contribution in [3.8, 4) is 11.5 Å². The van der Waals surface area contributed by atoms with E-state index >= 15 is 0 Å². The Morgan fingerprint density at radius 2 is 1.93 bits per heavy atom. The number of benzene rings is 2. The standard InChI is InChI=1S/C23H30N2O2/c1-25(16-19-7-3-2-4-8-19)14-6-12-23(11-5-13-24-17-23)20-9-10-21-22(15-20)27-18-26-21/h2-4,7-10,15,24H,5-6,11-14,16-18H2,1H3. The molecule has 144 valence electrons. The summed E-state index contributed by atoms with van der Waals surface area (Å²) in [6.07, 6.45) is 4.86. The van der Waals surface area contributed by atoms with E-state index in [1.165, 1.54) is 36.8 Å². The predicted molar refractivity (Wildman–Crippen MR) is 108 cm³/mol. The summed E-state index contributed by atoms with van der Waals surface area (Å²) in [5.74, 6) is 1.78. The highest BCUT2D eigenvalue weighted by atomic mass is 16.7. The number of hydrogen-bond donors (Lipinski definition) is 1. The lowest BCUT2D eigenvalue weighted by Gasteiger charge is -2.39. The van der Waals surface area contributed by atoms with Gasteiger partial charge in [0.15, 0.2) is 11.5 Å². The van der Waals surface area contributed by atoms with E-state index in [-0.39, 0.29) is 5.41 Å². The Morgan fingerprint density at radius 1 is 1.07 bits per heavy atom. The first-order chi connectivity index (χ1) is 13.3. The average molecular weight is 367 g/mol. The van der Waals surface area contributed by atoms with Crippen molar-refractivity contribution in [3.05, 3.63) is 59.7 Å². The minimum absolute atomic E-state index is 0.201. The Kier molecular flexibility index (Phi) is 5.65. The highest BCUT2D eigenvalue weighted by Crippen LogP contribution is 2.41. The van der Waals surface area contributed by atoms with Crippen LogP contribution in [0.2, 0.25) is 0 Å². The van der Waals surface area contributed by atoms with Gasteiger partial charge in [-0.1, -0.05) is 36.4 Å². The molecule has 0 aromatic heterocycles. The molecule has 4 rings (SSSR count). The fourth-order valence-electron chi connectivity index (χ4n) is 4.46. The Hall–Kier alpha value is -2.04. The second-order valence-corrected chi connectivity index (χ2v) is 7.96. The van der Waals surface area contributed by atoms with Gasteiger partial charge < -0.3 is 19.7 Å². The average Bonchev–Trinajstić information content (AvgIpc) is 3.17. The van der Waals surface area contributed by atoms with Gasteiger partial charge in [0.2, 0.25) is 6.79 Å². The van der Waals surface area contributed by atoms with Gasteiger partial charge >= 0.3 is 0 Å². The summed E-state index contributed by atoms with van der Waals surface area (Å²) in [6.45, 7) is 4.64. The molecule has 2 aliphatic rings. The van der Waals surface area contributed by atoms with Gasteiger partial charge in [0.25, 0.3) is 0 Å². The fourth-order valence-corrected chi connectivity index (χ4v) is 4.46. The highest BCUT2D eigenvalue weighted by molar-refractivity contribution is 5.47. The van der Waals surface area contributed by atoms with Gasteiger partial charge in [0.1, 0.15) is 0 Å². The van der Waals surface area contributed by atoms with Crippen molar-refractivity contribution in [2.24, 2.45) is 0 Å². The second kappa shape index (κ2) is 8.32. The van der Waals surface area contributed by atoms with Crippen molar-refractivity contribution in [3.63, 3.8) is 0 Å². The van der Waals surface area contributed by atoms with Gasteiger partial charge in [0.05, 0.1) is 0 Å². The predicted octanol–water partition coefficient (Wildman–Crippen LogP) is 3.95. The summed E-state index contributed by atoms with van der Waals surface area (Å²) in [4.78, 5) is 2.43. The fraction of sp³-hybridized carbons (Fsp3) is 0.478. The third-order valence-corrected chi connectivity index (χ3v) is 5.95. The molecular weight excluding hydrogens is 336 g/mol. The Balaban J connectivity index is 1.40. The molecule has 27 heavy (non-hydrogen) atoms. The first-order valence-electron chi connectivity index (χ1n) is 10.1. The second-order valence-electron chi connectivity index (χ2n) is 7.96. The van der Waals surface area contributed by atoms with E-state index in [4.69, 9.17) is 9.47 Å². The molecule has 4 nitrogen and oxygen atoms in total. The summed E-state index contributed by atoms with van der Waals surface area (Å²) in [5, 5.41) is 3.63. The largest absolute Gasteiger partial charge is 0.454 e. The van der Waals surface area contributed by atoms with Crippen LogP contribution < -0.4 is 14.8 Å². The maximum Gasteiger partial charge on any atom is 0.231 e. The number of fused-ring (bicyclic) bond motifs is 1. The van der Waals surface area contributed by atoms with Crippen LogP contribution in [0.15, 0.2) is 48.5 Å². The van der Waals surface area contributed by atoms with Crippen LogP contribution >= 0.6 is 0 Å². The molecule has 2 aromatic rings. The molecule has 1 N–H and O–H groups in total. The van der Waals surface area contributed by atoms with Crippen molar-refractivity contribution < 1.29 is 9.47 Å². The third kappa shape index (κ3) is 4.28. The monoisotopic (exact) mass is 366 g/mol. The first-order valence-corrected chi connectivity index (χ1v) is 10.1. The summed E-state index contributed by atoms with van der Waals surface area (Å²) in [5.41, 5.74) is 2.97. The molecule has 1 atom stereocenters. The SMILES string of the molecule is CN(CCCC1(c2ccc3c(c2)OCO3)CCCNC1)Cc1ccccc1. The number of piperidine rings is 1. The third-order valence-electron chi connectivity index (χ3n) is 5.95. The number of nitrogens with zero attached hydrogens (tertiary/aromatic N) is 1. The zero-order valence-electron chi connectivity index (χ0n) is 16.2. The zero-order valence-corrected chi connectivity index (χ0v) is 16.2. The molecule has 0 bridgehead atoms. The van der Waals surface area contributed by atoms with Crippen LogP contribution in [-0.2, 0) is 12.0 Å². The van der Waals surface area contributed by atoms with Crippen LogP contribution in [0.5, 0.6) is 11.5 Å². The summed E-state index contributed by atoms with van der Waals surface area (Å²) in [6, 6.07) is 17.3. The zero-order chi connectivity index (χ0) is 18.5. The molecule has 0 amide bonds. The molecule has 2 aliphatic heterocycles. The smallest absolute Gasteiger partial charge is 0.231 e. The lowest BCUT2D eigenvalue weighted by atomic mass is 9.71. The van der Waals surface area contributed by atoms with Crippen molar-refractivity contribution >= 4 is 0 Å². The number of hydrogen-bond acceptors (Lipinski definition) is 4. The van der Waals surface area contributed by atoms with Crippen LogP contribution in [0, 0.1) is 0 Å². The van der Waals surface area contributed by atoms with Crippen molar-refractivity contribution in [1.29, 1.82) is 0 Å². The van der Waals surface area contributed by atoms with E-state index in [0.717, 1.165) is 37.7 Å². The van der Waals surface area contributed by atoms with Crippen molar-refractivity contribution in [2.45, 2.75) is 37.6 Å². The van der Waals surface area contributed by atoms with Crippen LogP contribution in [0.4, 0.5) is 0 Å². The normalized spacial score (nSPS) is 21.6. The maximum absolute atomic E-state index is 5.63. The van der Waals surface area contributed by atoms with Crippen molar-refractivity contribution in [1.82, 2.24) is 10.2 Å². The molecule has 0 saturated carbocycles. The molecule has 0 radical (unpaired) electrons. The maximum atomic E-state index is 5.63. The minimum Gasteiger partial charge on any atom is -0.454 e. The van der Waals surface area contributed by atoms with E-state index in [1.54, 1.807) is 0 Å². The lowest BCUT2D eigenvalue weighted by molar-refractivity contribution is 0.173. The molecule has 0 aliphatic carbocycles. The lowest BCUT2D eigenvalue weighted by Crippen LogP contribution is -2.43. The van der Waals surface area contributed by atoms with Crippen LogP contribution in [-0.4, -0.2) is 38.4 Å². The van der Waals surface area contributed by atoms with Gasteiger partial charge in [-0.05, 0) is 69.1 Å². The van der Waals surface area contributed by atoms with Crippen LogP contribution in [0.1, 0.15) is 36.8 Å². The van der Waals surface area contributed by atoms with Crippen LogP contribution in [0.3, 0.4) is 0 Å². The molecule has 1 unspecified atom stereocenters. The van der Waals surface area contributed by atoms with E-state index in [1.807, 2.05) is 0 Å². The number of ether oxygens (including phenoxy) is 2. The van der Waals surface area contributed by atoms with Crippen LogP contribution in [0.25, 0.3) is 0 Å². The van der Waals surface area contributed by atoms with Gasteiger partial charge in [-0.2, -0.15) is 0 Å². The first kappa shape index (κ1) is 18.3. The van der Waals surface area contributed by atoms with E-state index in [9.17, 15) is 0 Å². The Bertz CT molecular complexity index is 741. The summed E-state index contributed by atoms with van der Waals surface area (Å²) in [7, 11) is 2.22. The van der Waals surface area contributed by atoms with Crippen molar-refractivity contribution in [2.75, 3.05) is 33.5 Å². The van der Waals surface area contributed by atoms with E-state index < -0.39 is 0 Å². The van der Waals surface area contributed by atoms with E-state index in [0.29, 0.717) is 6.79 Å². The molecule has 4 heteroatoms. The van der Waals surface area contributed by atoms with Gasteiger partial charge in [0, 0.05) is 18.5 Å². The molecule has 2 aromatic carbocycles. The molecule has 2 heterocycles. The minimum atomic E-state index is 0.201. The molecule has 1 saturated heterocycles. The number of rotatable bonds is 7. The highest BCUT2D eigenvalue weighted by Gasteiger charge is 2.34. The van der Waals surface area contributed by atoms with E-state index in [2.05, 4.69) is 65.8 Å². The molecule has 0 spiro atoms. The number of nitrogens with one attached hydrogen (secondary N) is 1. The Labute approximate surface area is 162 Å². The molecular formula is C23H30N2O2. The van der Waals surface area contributed by atoms with Gasteiger partial charge in [-0.3, -0.25) is 0 Å².